The van der Waals surface area contributed by atoms with Gasteiger partial charge in [0, 0.05) is 20.2 Å². The summed E-state index contributed by atoms with van der Waals surface area (Å²) >= 11 is 1.74. The van der Waals surface area contributed by atoms with Crippen molar-refractivity contribution in [3.8, 4) is 0 Å². The number of aryl methyl sites for hydroxylation is 2. The van der Waals surface area contributed by atoms with Gasteiger partial charge in [0.2, 0.25) is 0 Å². The van der Waals surface area contributed by atoms with Crippen LogP contribution in [-0.2, 0) is 6.42 Å². The molecule has 3 aromatic rings. The molecule has 2 heteroatoms. The van der Waals surface area contributed by atoms with Crippen LogP contribution in [0.5, 0.6) is 0 Å². The highest BCUT2D eigenvalue weighted by Crippen LogP contribution is 2.33. The minimum Gasteiger partial charge on any atom is -0.288 e. The first-order valence-corrected chi connectivity index (χ1v) is 7.82. The molecule has 102 valence electrons. The Hall–Kier alpha value is -1.67. The van der Waals surface area contributed by atoms with Crippen LogP contribution < -0.4 is 5.43 Å². The minimum atomic E-state index is 0.192. The Morgan fingerprint density at radius 2 is 1.70 bits per heavy atom. The summed E-state index contributed by atoms with van der Waals surface area (Å²) in [4.78, 5) is 12.9. The van der Waals surface area contributed by atoms with Crippen LogP contribution in [0.15, 0.2) is 29.1 Å². The van der Waals surface area contributed by atoms with Gasteiger partial charge in [-0.05, 0) is 61.6 Å². The molecule has 1 aromatic heterocycles. The summed E-state index contributed by atoms with van der Waals surface area (Å²) in [6.45, 7) is 8.57. The molecule has 2 aromatic carbocycles. The van der Waals surface area contributed by atoms with E-state index in [-0.39, 0.29) is 5.43 Å². The van der Waals surface area contributed by atoms with Crippen LogP contribution in [0.25, 0.3) is 20.2 Å². The molecule has 0 saturated heterocycles. The van der Waals surface area contributed by atoms with E-state index in [1.54, 1.807) is 11.3 Å². The van der Waals surface area contributed by atoms with Gasteiger partial charge < -0.3 is 0 Å². The molecule has 0 spiro atoms. The van der Waals surface area contributed by atoms with Crippen molar-refractivity contribution in [3.05, 3.63) is 56.7 Å². The third-order valence-corrected chi connectivity index (χ3v) is 5.66. The van der Waals surface area contributed by atoms with Crippen molar-refractivity contribution in [2.45, 2.75) is 34.1 Å². The first-order valence-electron chi connectivity index (χ1n) is 7.00. The molecule has 0 bridgehead atoms. The fourth-order valence-electron chi connectivity index (χ4n) is 2.99. The lowest BCUT2D eigenvalue weighted by Crippen LogP contribution is -2.07. The summed E-state index contributed by atoms with van der Waals surface area (Å²) < 4.78 is 2.24. The molecular weight excluding hydrogens is 264 g/mol. The zero-order chi connectivity index (χ0) is 14.4. The quantitative estimate of drug-likeness (QED) is 0.580. The molecule has 0 unspecified atom stereocenters. The van der Waals surface area contributed by atoms with E-state index in [9.17, 15) is 4.79 Å². The summed E-state index contributed by atoms with van der Waals surface area (Å²) in [6, 6.07) is 7.93. The Labute approximate surface area is 122 Å². The van der Waals surface area contributed by atoms with E-state index in [1.165, 1.54) is 22.3 Å². The third kappa shape index (κ3) is 1.71. The maximum Gasteiger partial charge on any atom is 0.196 e. The van der Waals surface area contributed by atoms with Crippen molar-refractivity contribution < 1.29 is 0 Å². The second kappa shape index (κ2) is 4.71. The average molecular weight is 282 g/mol. The highest BCUT2D eigenvalue weighted by Gasteiger charge is 2.15. The lowest BCUT2D eigenvalue weighted by atomic mass is 9.93. The standard InChI is InChI=1S/C18H18OS/c1-5-13-11(3)10(2)12(4)18-16(13)17(19)14-8-6-7-9-15(14)20-18/h6-9H,5H2,1-4H3. The van der Waals surface area contributed by atoms with Gasteiger partial charge in [-0.15, -0.1) is 11.3 Å². The van der Waals surface area contributed by atoms with Gasteiger partial charge in [-0.1, -0.05) is 19.1 Å². The van der Waals surface area contributed by atoms with Gasteiger partial charge in [0.05, 0.1) is 0 Å². The van der Waals surface area contributed by atoms with Crippen molar-refractivity contribution in [2.75, 3.05) is 0 Å². The van der Waals surface area contributed by atoms with Gasteiger partial charge >= 0.3 is 0 Å². The Morgan fingerprint density at radius 1 is 1.00 bits per heavy atom. The van der Waals surface area contributed by atoms with Gasteiger partial charge in [-0.25, -0.2) is 0 Å². The Kier molecular flexibility index (Phi) is 3.14. The molecule has 0 radical (unpaired) electrons. The van der Waals surface area contributed by atoms with Gasteiger partial charge in [0.1, 0.15) is 0 Å². The summed E-state index contributed by atoms with van der Waals surface area (Å²) in [5, 5.41) is 1.79. The van der Waals surface area contributed by atoms with Gasteiger partial charge in [0.15, 0.2) is 5.43 Å². The molecule has 0 N–H and O–H groups in total. The van der Waals surface area contributed by atoms with E-state index in [0.717, 1.165) is 26.6 Å². The molecule has 1 heterocycles. The normalized spacial score (nSPS) is 11.4. The van der Waals surface area contributed by atoms with Crippen LogP contribution in [0.2, 0.25) is 0 Å². The maximum absolute atomic E-state index is 12.9. The fraction of sp³-hybridized carbons (Fsp3) is 0.278. The fourth-order valence-corrected chi connectivity index (χ4v) is 4.25. The predicted octanol–water partition coefficient (Wildman–Crippen LogP) is 4.90. The van der Waals surface area contributed by atoms with Crippen LogP contribution in [0.1, 0.15) is 29.2 Å². The largest absolute Gasteiger partial charge is 0.288 e. The molecule has 20 heavy (non-hydrogen) atoms. The van der Waals surface area contributed by atoms with Crippen LogP contribution in [0, 0.1) is 20.8 Å². The zero-order valence-electron chi connectivity index (χ0n) is 12.3. The van der Waals surface area contributed by atoms with E-state index in [2.05, 4.69) is 27.7 Å². The molecule has 0 fully saturated rings. The van der Waals surface area contributed by atoms with Crippen LogP contribution in [0.3, 0.4) is 0 Å². The molecule has 1 nitrogen and oxygen atoms in total. The molecule has 0 aliphatic carbocycles. The number of rotatable bonds is 1. The first-order chi connectivity index (χ1) is 9.56. The number of hydrogen-bond donors (Lipinski definition) is 0. The summed E-state index contributed by atoms with van der Waals surface area (Å²) in [5.74, 6) is 0. The van der Waals surface area contributed by atoms with Crippen molar-refractivity contribution in [2.24, 2.45) is 0 Å². The Morgan fingerprint density at radius 3 is 2.40 bits per heavy atom. The second-order valence-electron chi connectivity index (χ2n) is 5.34. The predicted molar refractivity (Wildman–Crippen MR) is 89.2 cm³/mol. The van der Waals surface area contributed by atoms with E-state index in [1.807, 2.05) is 24.3 Å². The number of hydrogen-bond acceptors (Lipinski definition) is 2. The zero-order valence-corrected chi connectivity index (χ0v) is 13.1. The SMILES string of the molecule is CCc1c(C)c(C)c(C)c2sc3ccccc3c(=O)c12. The summed E-state index contributed by atoms with van der Waals surface area (Å²) in [5.41, 5.74) is 5.26. The molecular formula is C18H18OS. The van der Waals surface area contributed by atoms with Crippen molar-refractivity contribution in [1.29, 1.82) is 0 Å². The highest BCUT2D eigenvalue weighted by molar-refractivity contribution is 7.24. The van der Waals surface area contributed by atoms with E-state index in [4.69, 9.17) is 0 Å². The van der Waals surface area contributed by atoms with Crippen LogP contribution in [0.4, 0.5) is 0 Å². The topological polar surface area (TPSA) is 17.1 Å². The number of benzene rings is 2. The van der Waals surface area contributed by atoms with E-state index in [0.29, 0.717) is 0 Å². The molecule has 0 atom stereocenters. The molecule has 3 rings (SSSR count). The second-order valence-corrected chi connectivity index (χ2v) is 6.39. The Balaban J connectivity index is 2.69. The maximum atomic E-state index is 12.9. The van der Waals surface area contributed by atoms with Crippen LogP contribution in [-0.4, -0.2) is 0 Å². The minimum absolute atomic E-state index is 0.192. The third-order valence-electron chi connectivity index (χ3n) is 4.37. The van der Waals surface area contributed by atoms with Gasteiger partial charge in [-0.2, -0.15) is 0 Å². The first kappa shape index (κ1) is 13.3. The monoisotopic (exact) mass is 282 g/mol. The highest BCUT2D eigenvalue weighted by atomic mass is 32.1. The lowest BCUT2D eigenvalue weighted by Gasteiger charge is -2.15. The van der Waals surface area contributed by atoms with Gasteiger partial charge in [0.25, 0.3) is 0 Å². The average Bonchev–Trinajstić information content (AvgIpc) is 2.47. The smallest absolute Gasteiger partial charge is 0.196 e. The van der Waals surface area contributed by atoms with E-state index < -0.39 is 0 Å². The van der Waals surface area contributed by atoms with Gasteiger partial charge in [-0.3, -0.25) is 4.79 Å². The molecule has 0 aliphatic heterocycles. The van der Waals surface area contributed by atoms with Crippen molar-refractivity contribution >= 4 is 31.5 Å². The molecule has 0 aliphatic rings. The number of fused-ring (bicyclic) bond motifs is 2. The van der Waals surface area contributed by atoms with E-state index >= 15 is 0 Å². The molecule has 0 amide bonds. The summed E-state index contributed by atoms with van der Waals surface area (Å²) in [6.07, 6.45) is 0.907. The van der Waals surface area contributed by atoms with Crippen molar-refractivity contribution in [1.82, 2.24) is 0 Å². The van der Waals surface area contributed by atoms with Crippen molar-refractivity contribution in [3.63, 3.8) is 0 Å². The molecule has 0 saturated carbocycles. The summed E-state index contributed by atoms with van der Waals surface area (Å²) in [7, 11) is 0. The lowest BCUT2D eigenvalue weighted by molar-refractivity contribution is 1.11. The van der Waals surface area contributed by atoms with Crippen LogP contribution >= 0.6 is 11.3 Å². The Bertz CT molecular complexity index is 887.